The molecule has 0 radical (unpaired) electrons. The molecule has 4 aromatic rings. The molecule has 8 heteroatoms. The maximum atomic E-state index is 13.3. The molecule has 0 bridgehead atoms. The predicted octanol–water partition coefficient (Wildman–Crippen LogP) is 6.01. The molecular formula is C23H17ClFN3O2S. The van der Waals surface area contributed by atoms with E-state index in [4.69, 9.17) is 11.6 Å². The topological polar surface area (TPSA) is 68.0 Å². The Balaban J connectivity index is 1.77. The number of phenolic OH excluding ortho intramolecular Hbond substituents is 1. The van der Waals surface area contributed by atoms with Gasteiger partial charge in [0.25, 0.3) is 0 Å². The molecule has 0 fully saturated rings. The van der Waals surface area contributed by atoms with Crippen LogP contribution in [0, 0.1) is 19.7 Å². The second-order valence-corrected chi connectivity index (χ2v) is 8.50. The fraction of sp³-hybridized carbons (Fsp3) is 0.0870. The zero-order valence-electron chi connectivity index (χ0n) is 16.6. The number of aryl methyl sites for hydroxylation is 2. The molecule has 2 aromatic heterocycles. The minimum Gasteiger partial charge on any atom is -0.507 e. The van der Waals surface area contributed by atoms with E-state index >= 15 is 0 Å². The summed E-state index contributed by atoms with van der Waals surface area (Å²) in [7, 11) is 0. The molecule has 5 nitrogen and oxygen atoms in total. The first-order valence-corrected chi connectivity index (χ1v) is 10.5. The van der Waals surface area contributed by atoms with Gasteiger partial charge in [-0.3, -0.25) is 4.79 Å². The van der Waals surface area contributed by atoms with Gasteiger partial charge in [0.2, 0.25) is 0 Å². The number of hydrogen-bond donors (Lipinski definition) is 1. The average molecular weight is 454 g/mol. The van der Waals surface area contributed by atoms with Crippen LogP contribution in [0.5, 0.6) is 5.75 Å². The third-order valence-corrected chi connectivity index (χ3v) is 5.91. The minimum atomic E-state index is -0.391. The molecule has 0 spiro atoms. The highest BCUT2D eigenvalue weighted by Crippen LogP contribution is 2.33. The van der Waals surface area contributed by atoms with E-state index in [2.05, 4.69) is 10.1 Å². The summed E-state index contributed by atoms with van der Waals surface area (Å²) in [5.74, 6) is -0.870. The minimum absolute atomic E-state index is 0.112. The molecule has 0 amide bonds. The molecule has 0 aliphatic carbocycles. The Morgan fingerprint density at radius 3 is 2.61 bits per heavy atom. The smallest absolute Gasteiger partial charge is 0.189 e. The third kappa shape index (κ3) is 4.42. The molecule has 0 aliphatic heterocycles. The van der Waals surface area contributed by atoms with Crippen molar-refractivity contribution < 1.29 is 14.3 Å². The summed E-state index contributed by atoms with van der Waals surface area (Å²) in [6, 6.07) is 10.3. The average Bonchev–Trinajstić information content (AvgIpc) is 3.30. The summed E-state index contributed by atoms with van der Waals surface area (Å²) in [6.45, 7) is 3.82. The summed E-state index contributed by atoms with van der Waals surface area (Å²) in [5, 5.41) is 15.9. The highest BCUT2D eigenvalue weighted by Gasteiger charge is 2.17. The van der Waals surface area contributed by atoms with Gasteiger partial charge in [-0.05, 0) is 68.5 Å². The van der Waals surface area contributed by atoms with Gasteiger partial charge in [-0.1, -0.05) is 11.6 Å². The van der Waals surface area contributed by atoms with Crippen molar-refractivity contribution in [2.45, 2.75) is 13.8 Å². The normalized spacial score (nSPS) is 11.4. The van der Waals surface area contributed by atoms with Crippen LogP contribution in [-0.2, 0) is 0 Å². The van der Waals surface area contributed by atoms with Gasteiger partial charge in [0.05, 0.1) is 26.8 Å². The first-order chi connectivity index (χ1) is 14.8. The van der Waals surface area contributed by atoms with E-state index in [1.54, 1.807) is 29.1 Å². The second kappa shape index (κ2) is 8.45. The first kappa shape index (κ1) is 21.0. The number of nitrogens with zero attached hydrogens (tertiary/aromatic N) is 3. The quantitative estimate of drug-likeness (QED) is 0.297. The summed E-state index contributed by atoms with van der Waals surface area (Å²) in [4.78, 5) is 18.0. The lowest BCUT2D eigenvalue weighted by Crippen LogP contribution is -1.94. The van der Waals surface area contributed by atoms with Crippen LogP contribution < -0.4 is 0 Å². The Bertz CT molecular complexity index is 1310. The maximum Gasteiger partial charge on any atom is 0.189 e. The van der Waals surface area contributed by atoms with Crippen molar-refractivity contribution in [2.75, 3.05) is 0 Å². The van der Waals surface area contributed by atoms with Crippen molar-refractivity contribution in [3.05, 3.63) is 87.4 Å². The molecule has 4 rings (SSSR count). The number of carbonyl (C=O) groups is 1. The number of phenols is 1. The second-order valence-electron chi connectivity index (χ2n) is 6.86. The number of hydrogen-bond acceptors (Lipinski definition) is 5. The lowest BCUT2D eigenvalue weighted by atomic mass is 10.1. The third-order valence-electron chi connectivity index (χ3n) is 4.59. The van der Waals surface area contributed by atoms with Crippen LogP contribution in [0.1, 0.15) is 26.6 Å². The molecule has 0 saturated heterocycles. The van der Waals surface area contributed by atoms with Crippen LogP contribution in [0.4, 0.5) is 4.39 Å². The number of rotatable bonds is 5. The fourth-order valence-corrected chi connectivity index (χ4v) is 4.22. The number of aromatic hydroxyl groups is 1. The number of thiazole rings is 1. The summed E-state index contributed by atoms with van der Waals surface area (Å²) in [5.41, 5.74) is 2.97. The molecule has 0 unspecified atom stereocenters. The maximum absolute atomic E-state index is 13.3. The Labute approximate surface area is 187 Å². The largest absolute Gasteiger partial charge is 0.507 e. The van der Waals surface area contributed by atoms with Gasteiger partial charge in [0, 0.05) is 16.8 Å². The Hall–Kier alpha value is -3.29. The van der Waals surface area contributed by atoms with Gasteiger partial charge in [-0.15, -0.1) is 11.3 Å². The van der Waals surface area contributed by atoms with Gasteiger partial charge in [0.15, 0.2) is 5.78 Å². The van der Waals surface area contributed by atoms with Crippen LogP contribution in [-0.4, -0.2) is 25.7 Å². The van der Waals surface area contributed by atoms with Crippen molar-refractivity contribution in [1.29, 1.82) is 0 Å². The SMILES string of the molecule is Cc1nc(C)c(-c2nn(-c3ccc(F)cc3)cc2/C=C/C(=O)c2cc(Cl)ccc2O)s1. The lowest BCUT2D eigenvalue weighted by molar-refractivity contribution is 0.104. The van der Waals surface area contributed by atoms with Crippen molar-refractivity contribution in [1.82, 2.24) is 14.8 Å². The highest BCUT2D eigenvalue weighted by molar-refractivity contribution is 7.15. The van der Waals surface area contributed by atoms with E-state index in [-0.39, 0.29) is 17.1 Å². The van der Waals surface area contributed by atoms with Crippen LogP contribution in [0.2, 0.25) is 5.02 Å². The van der Waals surface area contributed by atoms with Gasteiger partial charge >= 0.3 is 0 Å². The van der Waals surface area contributed by atoms with E-state index < -0.39 is 5.78 Å². The van der Waals surface area contributed by atoms with Crippen molar-refractivity contribution >= 4 is 34.8 Å². The van der Waals surface area contributed by atoms with E-state index in [1.807, 2.05) is 13.8 Å². The zero-order valence-corrected chi connectivity index (χ0v) is 18.2. The zero-order chi connectivity index (χ0) is 22.1. The fourth-order valence-electron chi connectivity index (χ4n) is 3.12. The first-order valence-electron chi connectivity index (χ1n) is 9.33. The molecule has 0 aliphatic rings. The molecule has 2 heterocycles. The monoisotopic (exact) mass is 453 g/mol. The number of aromatic nitrogens is 3. The molecule has 0 saturated carbocycles. The van der Waals surface area contributed by atoms with Gasteiger partial charge in [0.1, 0.15) is 17.3 Å². The summed E-state index contributed by atoms with van der Waals surface area (Å²) < 4.78 is 15.0. The number of halogens is 2. The Morgan fingerprint density at radius 2 is 1.94 bits per heavy atom. The lowest BCUT2D eigenvalue weighted by Gasteiger charge is -2.01. The molecule has 2 aromatic carbocycles. The van der Waals surface area contributed by atoms with Crippen LogP contribution in [0.25, 0.3) is 22.3 Å². The van der Waals surface area contributed by atoms with E-state index in [9.17, 15) is 14.3 Å². The van der Waals surface area contributed by atoms with Gasteiger partial charge in [-0.2, -0.15) is 5.10 Å². The summed E-state index contributed by atoms with van der Waals surface area (Å²) >= 11 is 7.46. The van der Waals surface area contributed by atoms with E-state index in [0.717, 1.165) is 15.6 Å². The molecule has 156 valence electrons. The van der Waals surface area contributed by atoms with Crippen molar-refractivity contribution in [3.8, 4) is 22.0 Å². The number of benzene rings is 2. The Morgan fingerprint density at radius 1 is 1.19 bits per heavy atom. The number of carbonyl (C=O) groups excluding carboxylic acids is 1. The van der Waals surface area contributed by atoms with Crippen molar-refractivity contribution in [3.63, 3.8) is 0 Å². The van der Waals surface area contributed by atoms with E-state index in [0.29, 0.717) is 22.0 Å². The standard InChI is InChI=1S/C23H17ClFN3O2S/c1-13-23(31-14(2)26-13)22-15(12-28(27-22)18-7-5-17(25)6-8-18)3-9-20(29)19-11-16(24)4-10-21(19)30/h3-12,30H,1-2H3/b9-3+. The van der Waals surface area contributed by atoms with Crippen molar-refractivity contribution in [2.24, 2.45) is 0 Å². The van der Waals surface area contributed by atoms with Crippen LogP contribution in [0.3, 0.4) is 0 Å². The van der Waals surface area contributed by atoms with Gasteiger partial charge < -0.3 is 5.11 Å². The molecule has 0 atom stereocenters. The summed E-state index contributed by atoms with van der Waals surface area (Å²) in [6.07, 6.45) is 4.77. The van der Waals surface area contributed by atoms with Gasteiger partial charge in [-0.25, -0.2) is 14.1 Å². The molecule has 1 N–H and O–H groups in total. The van der Waals surface area contributed by atoms with Crippen LogP contribution in [0.15, 0.2) is 54.7 Å². The number of ketones is 1. The number of allylic oxidation sites excluding steroid dienone is 1. The molecule has 31 heavy (non-hydrogen) atoms. The molecular weight excluding hydrogens is 437 g/mol. The predicted molar refractivity (Wildman–Crippen MR) is 121 cm³/mol. The van der Waals surface area contributed by atoms with Crippen LogP contribution >= 0.6 is 22.9 Å². The highest BCUT2D eigenvalue weighted by atomic mass is 35.5. The Kier molecular flexibility index (Phi) is 5.71. The van der Waals surface area contributed by atoms with E-state index in [1.165, 1.54) is 47.7 Å².